The molecular formula is C3H11NaOSi2. The van der Waals surface area contributed by atoms with E-state index in [1.54, 1.807) is 6.04 Å². The Morgan fingerprint density at radius 3 is 2.43 bits per heavy atom. The summed E-state index contributed by atoms with van der Waals surface area (Å²) in [6.07, 6.45) is 1.37. The molecule has 1 rings (SSSR count). The predicted molar refractivity (Wildman–Crippen MR) is 39.6 cm³/mol. The van der Waals surface area contributed by atoms with E-state index < -0.39 is 0 Å². The molecule has 1 heterocycles. The quantitative estimate of drug-likeness (QED) is 0.368. The van der Waals surface area contributed by atoms with Crippen molar-refractivity contribution in [3.05, 3.63) is 0 Å². The van der Waals surface area contributed by atoms with E-state index in [0.29, 0.717) is 9.04 Å². The second-order valence-corrected chi connectivity index (χ2v) is 7.25. The molecule has 1 aliphatic rings. The zero-order chi connectivity index (χ0) is 4.24. The normalized spacial score (nSPS) is 27.4. The standard InChI is InChI=1S/C3H10OSi2.Na.H/c1-2-4-6-5-3-1;;/h1-3,5-6H2;;. The molecule has 0 unspecified atom stereocenters. The molecule has 0 saturated carbocycles. The Balaban J connectivity index is 0.000000360. The maximum atomic E-state index is 5.27. The average Bonchev–Trinajstić information content (AvgIpc) is 1.72. The molecule has 0 aromatic heterocycles. The van der Waals surface area contributed by atoms with E-state index in [0.717, 1.165) is 6.61 Å². The second kappa shape index (κ2) is 5.53. The zero-order valence-corrected chi connectivity index (χ0v) is 6.77. The van der Waals surface area contributed by atoms with Gasteiger partial charge in [0.1, 0.15) is 9.28 Å². The van der Waals surface area contributed by atoms with Gasteiger partial charge in [-0.25, -0.2) is 0 Å². The first-order valence-electron chi connectivity index (χ1n) is 2.58. The Kier molecular flexibility index (Phi) is 6.63. The Hall–Kier alpha value is 1.39. The number of hydrogen-bond donors (Lipinski definition) is 0. The van der Waals surface area contributed by atoms with Gasteiger partial charge in [-0.2, -0.15) is 0 Å². The summed E-state index contributed by atoms with van der Waals surface area (Å²) in [6.45, 7) is 1.10. The molecule has 4 heteroatoms. The van der Waals surface area contributed by atoms with Crippen molar-refractivity contribution in [2.45, 2.75) is 12.5 Å². The summed E-state index contributed by atoms with van der Waals surface area (Å²) in [5, 5.41) is 0. The van der Waals surface area contributed by atoms with Crippen molar-refractivity contribution in [2.75, 3.05) is 6.61 Å². The van der Waals surface area contributed by atoms with Gasteiger partial charge in [-0.05, 0) is 6.42 Å². The number of rotatable bonds is 0. The van der Waals surface area contributed by atoms with Gasteiger partial charge in [0.15, 0.2) is 0 Å². The van der Waals surface area contributed by atoms with Crippen LogP contribution in [0.25, 0.3) is 0 Å². The van der Waals surface area contributed by atoms with Crippen LogP contribution in [0, 0.1) is 0 Å². The van der Waals surface area contributed by atoms with Crippen molar-refractivity contribution >= 4 is 47.9 Å². The third kappa shape index (κ3) is 3.93. The van der Waals surface area contributed by atoms with Crippen LogP contribution in [-0.2, 0) is 4.43 Å². The van der Waals surface area contributed by atoms with Crippen LogP contribution >= 0.6 is 0 Å². The molecule has 0 aliphatic carbocycles. The van der Waals surface area contributed by atoms with Crippen molar-refractivity contribution in [3.63, 3.8) is 0 Å². The zero-order valence-electron chi connectivity index (χ0n) is 3.94. The summed E-state index contributed by atoms with van der Waals surface area (Å²) >= 11 is 0. The summed E-state index contributed by atoms with van der Waals surface area (Å²) in [7, 11) is 0.573. The van der Waals surface area contributed by atoms with Gasteiger partial charge in [-0.1, -0.05) is 6.04 Å². The SMILES string of the molecule is C1CO[SiH2][SiH2]C1.[NaH]. The summed E-state index contributed by atoms with van der Waals surface area (Å²) in [6, 6.07) is 1.58. The molecule has 1 fully saturated rings. The third-order valence-electron chi connectivity index (χ3n) is 1.08. The van der Waals surface area contributed by atoms with Gasteiger partial charge < -0.3 is 4.43 Å². The van der Waals surface area contributed by atoms with Gasteiger partial charge in [0.25, 0.3) is 0 Å². The second-order valence-electron chi connectivity index (χ2n) is 1.67. The first kappa shape index (κ1) is 8.39. The fraction of sp³-hybridized carbons (Fsp3) is 1.00. The molecule has 1 saturated heterocycles. The topological polar surface area (TPSA) is 9.23 Å². The number of hydrogen-bond acceptors (Lipinski definition) is 1. The van der Waals surface area contributed by atoms with Gasteiger partial charge in [0.05, 0.1) is 0 Å². The van der Waals surface area contributed by atoms with E-state index in [-0.39, 0.29) is 38.8 Å². The summed E-state index contributed by atoms with van der Waals surface area (Å²) in [5.74, 6) is 0. The van der Waals surface area contributed by atoms with Crippen LogP contribution in [0.1, 0.15) is 6.42 Å². The van der Waals surface area contributed by atoms with Crippen LogP contribution in [-0.4, -0.2) is 54.5 Å². The van der Waals surface area contributed by atoms with Crippen molar-refractivity contribution in [2.24, 2.45) is 0 Å². The van der Waals surface area contributed by atoms with Gasteiger partial charge in [0, 0.05) is 15.6 Å². The minimum absolute atomic E-state index is 0. The first-order valence-corrected chi connectivity index (χ1v) is 8.15. The molecule has 0 spiro atoms. The van der Waals surface area contributed by atoms with E-state index in [9.17, 15) is 0 Å². The summed E-state index contributed by atoms with van der Waals surface area (Å²) in [4.78, 5) is 0. The van der Waals surface area contributed by atoms with Gasteiger partial charge in [-0.15, -0.1) is 0 Å². The molecule has 0 amide bonds. The molecule has 0 N–H and O–H groups in total. The third-order valence-corrected chi connectivity index (χ3v) is 6.18. The van der Waals surface area contributed by atoms with Crippen LogP contribution in [0.3, 0.4) is 0 Å². The Bertz CT molecular complexity index is 28.4. The van der Waals surface area contributed by atoms with E-state index in [2.05, 4.69) is 0 Å². The van der Waals surface area contributed by atoms with Crippen molar-refractivity contribution < 1.29 is 4.43 Å². The molecule has 7 heavy (non-hydrogen) atoms. The fourth-order valence-electron chi connectivity index (χ4n) is 0.687. The van der Waals surface area contributed by atoms with Crippen LogP contribution < -0.4 is 0 Å². The molecule has 0 atom stereocenters. The van der Waals surface area contributed by atoms with Crippen LogP contribution in [0.5, 0.6) is 0 Å². The fourth-order valence-corrected chi connectivity index (χ4v) is 4.96. The predicted octanol–water partition coefficient (Wildman–Crippen LogP) is -1.66. The Labute approximate surface area is 71.1 Å². The molecule has 0 aromatic rings. The maximum absolute atomic E-state index is 5.27. The molecule has 1 aliphatic heterocycles. The van der Waals surface area contributed by atoms with Gasteiger partial charge >= 0.3 is 29.6 Å². The monoisotopic (exact) mass is 142 g/mol. The van der Waals surface area contributed by atoms with Crippen LogP contribution in [0.15, 0.2) is 0 Å². The molecule has 0 aromatic carbocycles. The van der Waals surface area contributed by atoms with E-state index in [4.69, 9.17) is 4.43 Å². The van der Waals surface area contributed by atoms with Crippen LogP contribution in [0.2, 0.25) is 6.04 Å². The van der Waals surface area contributed by atoms with E-state index in [1.807, 2.05) is 0 Å². The first-order chi connectivity index (χ1) is 3.00. The van der Waals surface area contributed by atoms with E-state index in [1.165, 1.54) is 6.42 Å². The van der Waals surface area contributed by atoms with Crippen molar-refractivity contribution in [1.82, 2.24) is 0 Å². The summed E-state index contributed by atoms with van der Waals surface area (Å²) < 4.78 is 5.27. The molecule has 1 nitrogen and oxygen atoms in total. The van der Waals surface area contributed by atoms with Crippen LogP contribution in [0.4, 0.5) is 0 Å². The molecular weight excluding hydrogens is 131 g/mol. The van der Waals surface area contributed by atoms with Crippen molar-refractivity contribution in [1.29, 1.82) is 0 Å². The Morgan fingerprint density at radius 2 is 2.29 bits per heavy atom. The Morgan fingerprint density at radius 1 is 1.43 bits per heavy atom. The summed E-state index contributed by atoms with van der Waals surface area (Å²) in [5.41, 5.74) is 0. The molecule has 0 bridgehead atoms. The molecule has 38 valence electrons. The average molecular weight is 142 g/mol. The van der Waals surface area contributed by atoms with Crippen molar-refractivity contribution in [3.8, 4) is 0 Å². The minimum atomic E-state index is 0. The van der Waals surface area contributed by atoms with E-state index >= 15 is 0 Å². The van der Waals surface area contributed by atoms with Gasteiger partial charge in [-0.3, -0.25) is 0 Å². The molecule has 0 radical (unpaired) electrons. The van der Waals surface area contributed by atoms with Gasteiger partial charge in [0.2, 0.25) is 0 Å².